The molecule has 9 heteroatoms. The fraction of sp³-hybridized carbons (Fsp3) is 0.375. The molecule has 0 bridgehead atoms. The number of esters is 1. The number of hydrogen-bond donors (Lipinski definition) is 1. The number of carbonyl (C=O) groups excluding carboxylic acids is 2. The van der Waals surface area contributed by atoms with Gasteiger partial charge in [-0.2, -0.15) is 0 Å². The zero-order valence-corrected chi connectivity index (χ0v) is 13.3. The third kappa shape index (κ3) is 8.32. The van der Waals surface area contributed by atoms with Crippen molar-refractivity contribution < 1.29 is 42.1 Å². The number of carbonyl (C=O) groups is 2. The molecule has 0 aliphatic heterocycles. The highest BCUT2D eigenvalue weighted by molar-refractivity contribution is 5.97. The second kappa shape index (κ2) is 9.19. The average molecular weight is 362 g/mol. The number of Topliss-reactive ketones (excluding diaryl/α,β-unsaturated/α-hetero) is 1. The lowest BCUT2D eigenvalue weighted by Crippen LogP contribution is -2.25. The van der Waals surface area contributed by atoms with Crippen molar-refractivity contribution in [1.82, 2.24) is 0 Å². The largest absolute Gasteiger partial charge is 0.573 e. The van der Waals surface area contributed by atoms with Crippen LogP contribution < -0.4 is 4.74 Å². The second-order valence-electron chi connectivity index (χ2n) is 5.05. The van der Waals surface area contributed by atoms with Gasteiger partial charge in [-0.3, -0.25) is 4.79 Å². The summed E-state index contributed by atoms with van der Waals surface area (Å²) in [5, 5.41) is 9.55. The Labute approximate surface area is 141 Å². The monoisotopic (exact) mass is 362 g/mol. The predicted molar refractivity (Wildman–Crippen MR) is 80.1 cm³/mol. The van der Waals surface area contributed by atoms with E-state index in [1.165, 1.54) is 19.1 Å². The average Bonchev–Trinajstić information content (AvgIpc) is 2.50. The van der Waals surface area contributed by atoms with Crippen molar-refractivity contribution in [1.29, 1.82) is 0 Å². The van der Waals surface area contributed by atoms with Gasteiger partial charge in [-0.1, -0.05) is 18.7 Å². The summed E-state index contributed by atoms with van der Waals surface area (Å²) in [6, 6.07) is 4.54. The Kier molecular flexibility index (Phi) is 7.59. The van der Waals surface area contributed by atoms with Crippen LogP contribution in [0.1, 0.15) is 17.3 Å². The first kappa shape index (κ1) is 20.7. The normalized spacial score (nSPS) is 12.4. The Morgan fingerprint density at radius 2 is 1.96 bits per heavy atom. The van der Waals surface area contributed by atoms with Crippen molar-refractivity contribution in [2.45, 2.75) is 19.4 Å². The van der Waals surface area contributed by atoms with Gasteiger partial charge in [0.1, 0.15) is 25.1 Å². The van der Waals surface area contributed by atoms with Crippen LogP contribution in [0.5, 0.6) is 5.75 Å². The number of hydrogen-bond acceptors (Lipinski definition) is 6. The van der Waals surface area contributed by atoms with E-state index in [0.717, 1.165) is 12.1 Å². The summed E-state index contributed by atoms with van der Waals surface area (Å²) in [6.07, 6.45) is -6.01. The van der Waals surface area contributed by atoms with Crippen LogP contribution in [-0.4, -0.2) is 49.1 Å². The molecule has 0 saturated heterocycles. The number of alkyl halides is 3. The molecule has 1 aromatic rings. The first-order valence-electron chi connectivity index (χ1n) is 7.06. The molecule has 138 valence electrons. The van der Waals surface area contributed by atoms with Gasteiger partial charge in [0.15, 0.2) is 5.78 Å². The Morgan fingerprint density at radius 1 is 1.28 bits per heavy atom. The van der Waals surface area contributed by atoms with Crippen LogP contribution >= 0.6 is 0 Å². The minimum atomic E-state index is -4.86. The number of aliphatic hydroxyl groups is 1. The van der Waals surface area contributed by atoms with Crippen LogP contribution in [0.25, 0.3) is 0 Å². The molecule has 1 atom stereocenters. The molecule has 0 amide bonds. The zero-order valence-electron chi connectivity index (χ0n) is 13.3. The standard InChI is InChI=1S/C16H17F3O6/c1-10(2)15(22)24-8-12(20)7-23-9-14(21)11-4-3-5-13(6-11)25-16(17,18)19/h3-6,12,20H,1,7-9H2,2H3. The summed E-state index contributed by atoms with van der Waals surface area (Å²) in [5.74, 6) is -1.79. The van der Waals surface area contributed by atoms with Crippen LogP contribution in [0.15, 0.2) is 36.4 Å². The minimum absolute atomic E-state index is 0.0371. The number of aliphatic hydroxyl groups excluding tert-OH is 1. The van der Waals surface area contributed by atoms with Crippen molar-refractivity contribution in [3.63, 3.8) is 0 Å². The number of rotatable bonds is 9. The number of ketones is 1. The Hall–Kier alpha value is -2.39. The van der Waals surface area contributed by atoms with E-state index in [2.05, 4.69) is 11.3 Å². The molecular weight excluding hydrogens is 345 g/mol. The van der Waals surface area contributed by atoms with E-state index < -0.39 is 36.6 Å². The highest BCUT2D eigenvalue weighted by atomic mass is 19.4. The van der Waals surface area contributed by atoms with Crippen molar-refractivity contribution in [2.24, 2.45) is 0 Å². The van der Waals surface area contributed by atoms with E-state index in [4.69, 9.17) is 9.47 Å². The summed E-state index contributed by atoms with van der Waals surface area (Å²) < 4.78 is 49.8. The lowest BCUT2D eigenvalue weighted by atomic mass is 10.1. The fourth-order valence-corrected chi connectivity index (χ4v) is 1.58. The highest BCUT2D eigenvalue weighted by Gasteiger charge is 2.31. The van der Waals surface area contributed by atoms with Crippen LogP contribution in [0.2, 0.25) is 0 Å². The summed E-state index contributed by atoms with van der Waals surface area (Å²) >= 11 is 0. The SMILES string of the molecule is C=C(C)C(=O)OCC(O)COCC(=O)c1cccc(OC(F)(F)F)c1. The van der Waals surface area contributed by atoms with E-state index in [9.17, 15) is 27.9 Å². The van der Waals surface area contributed by atoms with Gasteiger partial charge in [0.25, 0.3) is 0 Å². The molecule has 6 nitrogen and oxygen atoms in total. The molecule has 1 unspecified atom stereocenters. The number of halogens is 3. The molecule has 0 aliphatic carbocycles. The third-order valence-corrected chi connectivity index (χ3v) is 2.69. The minimum Gasteiger partial charge on any atom is -0.460 e. The molecule has 0 aliphatic rings. The molecule has 1 N–H and O–H groups in total. The van der Waals surface area contributed by atoms with Crippen LogP contribution in [0.4, 0.5) is 13.2 Å². The molecule has 0 saturated carbocycles. The lowest BCUT2D eigenvalue weighted by Gasteiger charge is -2.12. The van der Waals surface area contributed by atoms with E-state index in [-0.39, 0.29) is 24.4 Å². The first-order valence-corrected chi connectivity index (χ1v) is 7.06. The Morgan fingerprint density at radius 3 is 2.56 bits per heavy atom. The molecule has 0 fully saturated rings. The van der Waals surface area contributed by atoms with Gasteiger partial charge in [-0.05, 0) is 19.1 Å². The quantitative estimate of drug-likeness (QED) is 0.412. The van der Waals surface area contributed by atoms with Gasteiger partial charge in [0.2, 0.25) is 0 Å². The van der Waals surface area contributed by atoms with E-state index in [0.29, 0.717) is 0 Å². The predicted octanol–water partition coefficient (Wildman–Crippen LogP) is 2.26. The van der Waals surface area contributed by atoms with Gasteiger partial charge in [-0.15, -0.1) is 13.2 Å². The zero-order chi connectivity index (χ0) is 19.0. The molecule has 0 spiro atoms. The first-order chi connectivity index (χ1) is 11.6. The van der Waals surface area contributed by atoms with E-state index >= 15 is 0 Å². The maximum Gasteiger partial charge on any atom is 0.573 e. The van der Waals surface area contributed by atoms with Gasteiger partial charge in [0.05, 0.1) is 6.61 Å². The third-order valence-electron chi connectivity index (χ3n) is 2.69. The van der Waals surface area contributed by atoms with Crippen LogP contribution in [0, 0.1) is 0 Å². The molecule has 0 heterocycles. The molecular formula is C16H17F3O6. The maximum absolute atomic E-state index is 12.1. The molecule has 1 aromatic carbocycles. The van der Waals surface area contributed by atoms with Crippen molar-refractivity contribution in [3.8, 4) is 5.75 Å². The van der Waals surface area contributed by atoms with E-state index in [1.807, 2.05) is 0 Å². The van der Waals surface area contributed by atoms with Crippen LogP contribution in [-0.2, 0) is 14.3 Å². The Balaban J connectivity index is 2.43. The fourth-order valence-electron chi connectivity index (χ4n) is 1.58. The highest BCUT2D eigenvalue weighted by Crippen LogP contribution is 2.23. The van der Waals surface area contributed by atoms with Crippen molar-refractivity contribution in [3.05, 3.63) is 42.0 Å². The summed E-state index contributed by atoms with van der Waals surface area (Å²) in [6.45, 7) is 3.71. The topological polar surface area (TPSA) is 82.1 Å². The maximum atomic E-state index is 12.1. The summed E-state index contributed by atoms with van der Waals surface area (Å²) in [5.41, 5.74) is 0.134. The van der Waals surface area contributed by atoms with Crippen LogP contribution in [0.3, 0.4) is 0 Å². The number of benzene rings is 1. The lowest BCUT2D eigenvalue weighted by molar-refractivity contribution is -0.274. The molecule has 0 aromatic heterocycles. The van der Waals surface area contributed by atoms with Gasteiger partial charge >= 0.3 is 12.3 Å². The molecule has 25 heavy (non-hydrogen) atoms. The van der Waals surface area contributed by atoms with Crippen molar-refractivity contribution in [2.75, 3.05) is 19.8 Å². The van der Waals surface area contributed by atoms with Gasteiger partial charge < -0.3 is 19.3 Å². The Bertz CT molecular complexity index is 627. The van der Waals surface area contributed by atoms with Gasteiger partial charge in [-0.25, -0.2) is 4.79 Å². The second-order valence-corrected chi connectivity index (χ2v) is 5.05. The summed E-state index contributed by atoms with van der Waals surface area (Å²) in [4.78, 5) is 23.0. The smallest absolute Gasteiger partial charge is 0.460 e. The molecule has 0 radical (unpaired) electrons. The van der Waals surface area contributed by atoms with Gasteiger partial charge in [0, 0.05) is 11.1 Å². The van der Waals surface area contributed by atoms with E-state index in [1.54, 1.807) is 0 Å². The van der Waals surface area contributed by atoms with Crippen molar-refractivity contribution >= 4 is 11.8 Å². The summed E-state index contributed by atoms with van der Waals surface area (Å²) in [7, 11) is 0. The number of ether oxygens (including phenoxy) is 3. The molecule has 1 rings (SSSR count).